The van der Waals surface area contributed by atoms with E-state index in [9.17, 15) is 0 Å². The highest BCUT2D eigenvalue weighted by molar-refractivity contribution is 5.28. The van der Waals surface area contributed by atoms with E-state index < -0.39 is 0 Å². The Labute approximate surface area is 174 Å². The van der Waals surface area contributed by atoms with Gasteiger partial charge in [-0.25, -0.2) is 0 Å². The molecule has 1 saturated heterocycles. The lowest BCUT2D eigenvalue weighted by molar-refractivity contribution is 0.247. The monoisotopic (exact) mass is 386 g/mol. The van der Waals surface area contributed by atoms with E-state index >= 15 is 0 Å². The summed E-state index contributed by atoms with van der Waals surface area (Å²) in [5, 5.41) is 0. The second-order valence-corrected chi connectivity index (χ2v) is 7.81. The SMILES string of the molecule is c1ccc(COc2ccc(CN3CCCN(Cc4ccccc4)CC3)cc2)cc1. The number of rotatable bonds is 7. The minimum Gasteiger partial charge on any atom is -0.489 e. The van der Waals surface area contributed by atoms with Crippen LogP contribution in [0.4, 0.5) is 0 Å². The van der Waals surface area contributed by atoms with E-state index in [4.69, 9.17) is 4.74 Å². The van der Waals surface area contributed by atoms with Gasteiger partial charge in [0.15, 0.2) is 0 Å². The van der Waals surface area contributed by atoms with Crippen LogP contribution in [0, 0.1) is 0 Å². The Bertz CT molecular complexity index is 849. The molecule has 0 amide bonds. The first-order valence-electron chi connectivity index (χ1n) is 10.6. The van der Waals surface area contributed by atoms with Crippen LogP contribution in [0.15, 0.2) is 84.9 Å². The van der Waals surface area contributed by atoms with Crippen molar-refractivity contribution in [1.82, 2.24) is 9.80 Å². The van der Waals surface area contributed by atoms with Crippen LogP contribution in [0.1, 0.15) is 23.1 Å². The lowest BCUT2D eigenvalue weighted by Gasteiger charge is -2.22. The molecule has 1 fully saturated rings. The molecule has 1 aliphatic heterocycles. The predicted molar refractivity (Wildman–Crippen MR) is 119 cm³/mol. The second-order valence-electron chi connectivity index (χ2n) is 7.81. The van der Waals surface area contributed by atoms with Crippen LogP contribution in [0.5, 0.6) is 5.75 Å². The first kappa shape index (κ1) is 19.7. The Balaban J connectivity index is 1.25. The molecule has 0 bridgehead atoms. The molecule has 0 aromatic heterocycles. The number of hydrogen-bond acceptors (Lipinski definition) is 3. The van der Waals surface area contributed by atoms with E-state index in [1.54, 1.807) is 0 Å². The molecule has 4 rings (SSSR count). The number of benzene rings is 3. The lowest BCUT2D eigenvalue weighted by atomic mass is 10.2. The van der Waals surface area contributed by atoms with Crippen molar-refractivity contribution in [3.8, 4) is 5.75 Å². The molecule has 0 atom stereocenters. The zero-order valence-electron chi connectivity index (χ0n) is 17.0. The Morgan fingerprint density at radius 1 is 0.552 bits per heavy atom. The van der Waals surface area contributed by atoms with Gasteiger partial charge in [0.05, 0.1) is 0 Å². The summed E-state index contributed by atoms with van der Waals surface area (Å²) in [6, 6.07) is 29.7. The largest absolute Gasteiger partial charge is 0.489 e. The van der Waals surface area contributed by atoms with Gasteiger partial charge >= 0.3 is 0 Å². The summed E-state index contributed by atoms with van der Waals surface area (Å²) < 4.78 is 5.91. The molecule has 1 heterocycles. The number of nitrogens with zero attached hydrogens (tertiary/aromatic N) is 2. The average Bonchev–Trinajstić information content (AvgIpc) is 3.00. The van der Waals surface area contributed by atoms with Crippen LogP contribution in [-0.4, -0.2) is 36.0 Å². The normalized spacial score (nSPS) is 15.7. The van der Waals surface area contributed by atoms with Gasteiger partial charge in [0.1, 0.15) is 12.4 Å². The van der Waals surface area contributed by atoms with E-state index in [1.807, 2.05) is 18.2 Å². The fraction of sp³-hybridized carbons (Fsp3) is 0.308. The Kier molecular flexibility index (Phi) is 6.95. The summed E-state index contributed by atoms with van der Waals surface area (Å²) in [5.74, 6) is 0.933. The van der Waals surface area contributed by atoms with Crippen molar-refractivity contribution >= 4 is 0 Å². The number of hydrogen-bond donors (Lipinski definition) is 0. The van der Waals surface area contributed by atoms with Gasteiger partial charge in [0.25, 0.3) is 0 Å². The van der Waals surface area contributed by atoms with Gasteiger partial charge in [-0.3, -0.25) is 9.80 Å². The summed E-state index contributed by atoms with van der Waals surface area (Å²) in [7, 11) is 0. The molecular formula is C26H30N2O. The Morgan fingerprint density at radius 3 is 1.66 bits per heavy atom. The first-order valence-corrected chi connectivity index (χ1v) is 10.6. The summed E-state index contributed by atoms with van der Waals surface area (Å²) in [6.07, 6.45) is 1.23. The highest BCUT2D eigenvalue weighted by Crippen LogP contribution is 2.17. The third-order valence-electron chi connectivity index (χ3n) is 5.51. The van der Waals surface area contributed by atoms with Gasteiger partial charge in [0.2, 0.25) is 0 Å². The van der Waals surface area contributed by atoms with Crippen LogP contribution in [0.3, 0.4) is 0 Å². The fourth-order valence-corrected chi connectivity index (χ4v) is 3.87. The zero-order chi connectivity index (χ0) is 19.7. The molecule has 0 radical (unpaired) electrons. The van der Waals surface area contributed by atoms with Gasteiger partial charge in [0, 0.05) is 26.2 Å². The third kappa shape index (κ3) is 6.18. The van der Waals surface area contributed by atoms with Crippen molar-refractivity contribution < 1.29 is 4.74 Å². The van der Waals surface area contributed by atoms with Gasteiger partial charge in [-0.05, 0) is 48.3 Å². The van der Waals surface area contributed by atoms with Crippen molar-refractivity contribution in [1.29, 1.82) is 0 Å². The standard InChI is InChI=1S/C26H30N2O/c1-3-8-23(9-4-1)20-27-16-7-17-28(19-18-27)21-24-12-14-26(15-13-24)29-22-25-10-5-2-6-11-25/h1-6,8-15H,7,16-22H2. The number of ether oxygens (including phenoxy) is 1. The van der Waals surface area contributed by atoms with Crippen molar-refractivity contribution in [2.24, 2.45) is 0 Å². The molecule has 0 N–H and O–H groups in total. The minimum atomic E-state index is 0.615. The zero-order valence-corrected chi connectivity index (χ0v) is 17.0. The Hall–Kier alpha value is -2.62. The van der Waals surface area contributed by atoms with Crippen molar-refractivity contribution in [2.45, 2.75) is 26.1 Å². The summed E-state index contributed by atoms with van der Waals surface area (Å²) >= 11 is 0. The minimum absolute atomic E-state index is 0.615. The summed E-state index contributed by atoms with van der Waals surface area (Å²) in [5.41, 5.74) is 3.96. The first-order chi connectivity index (χ1) is 14.3. The van der Waals surface area contributed by atoms with Crippen molar-refractivity contribution in [3.63, 3.8) is 0 Å². The van der Waals surface area contributed by atoms with E-state index in [-0.39, 0.29) is 0 Å². The van der Waals surface area contributed by atoms with E-state index in [1.165, 1.54) is 29.7 Å². The van der Waals surface area contributed by atoms with Crippen LogP contribution < -0.4 is 4.74 Å². The van der Waals surface area contributed by atoms with Gasteiger partial charge < -0.3 is 4.74 Å². The topological polar surface area (TPSA) is 15.7 Å². The smallest absolute Gasteiger partial charge is 0.119 e. The molecule has 0 aliphatic carbocycles. The molecule has 3 aromatic rings. The van der Waals surface area contributed by atoms with E-state index in [2.05, 4.69) is 76.5 Å². The fourth-order valence-electron chi connectivity index (χ4n) is 3.87. The molecule has 3 aromatic carbocycles. The maximum absolute atomic E-state index is 5.91. The molecule has 1 aliphatic rings. The van der Waals surface area contributed by atoms with E-state index in [0.29, 0.717) is 6.61 Å². The molecular weight excluding hydrogens is 356 g/mol. The van der Waals surface area contributed by atoms with E-state index in [0.717, 1.165) is 38.5 Å². The van der Waals surface area contributed by atoms with Crippen LogP contribution in [0.25, 0.3) is 0 Å². The average molecular weight is 387 g/mol. The third-order valence-corrected chi connectivity index (χ3v) is 5.51. The molecule has 0 unspecified atom stereocenters. The highest BCUT2D eigenvalue weighted by Gasteiger charge is 2.15. The molecule has 150 valence electrons. The molecule has 0 spiro atoms. The quantitative estimate of drug-likeness (QED) is 0.570. The highest BCUT2D eigenvalue weighted by atomic mass is 16.5. The summed E-state index contributed by atoms with van der Waals surface area (Å²) in [4.78, 5) is 5.15. The molecule has 0 saturated carbocycles. The van der Waals surface area contributed by atoms with Crippen molar-refractivity contribution in [2.75, 3.05) is 26.2 Å². The van der Waals surface area contributed by atoms with Gasteiger partial charge in [-0.2, -0.15) is 0 Å². The lowest BCUT2D eigenvalue weighted by Crippen LogP contribution is -2.30. The van der Waals surface area contributed by atoms with Crippen LogP contribution >= 0.6 is 0 Å². The second kappa shape index (κ2) is 10.2. The van der Waals surface area contributed by atoms with Gasteiger partial charge in [-0.1, -0.05) is 72.8 Å². The molecule has 3 nitrogen and oxygen atoms in total. The predicted octanol–water partition coefficient (Wildman–Crippen LogP) is 4.97. The molecule has 29 heavy (non-hydrogen) atoms. The molecule has 3 heteroatoms. The maximum Gasteiger partial charge on any atom is 0.119 e. The van der Waals surface area contributed by atoms with Crippen LogP contribution in [-0.2, 0) is 19.7 Å². The van der Waals surface area contributed by atoms with Crippen LogP contribution in [0.2, 0.25) is 0 Å². The summed E-state index contributed by atoms with van der Waals surface area (Å²) in [6.45, 7) is 7.28. The van der Waals surface area contributed by atoms with Gasteiger partial charge in [-0.15, -0.1) is 0 Å². The maximum atomic E-state index is 5.91. The van der Waals surface area contributed by atoms with Crippen molar-refractivity contribution in [3.05, 3.63) is 102 Å². The Morgan fingerprint density at radius 2 is 1.07 bits per heavy atom.